The lowest BCUT2D eigenvalue weighted by molar-refractivity contribution is -0.0505. The van der Waals surface area contributed by atoms with E-state index >= 15 is 0 Å². The van der Waals surface area contributed by atoms with Gasteiger partial charge in [0.2, 0.25) is 0 Å². The lowest BCUT2D eigenvalue weighted by atomic mass is 10.2. The smallest absolute Gasteiger partial charge is 0.387 e. The molecule has 7 heteroatoms. The summed E-state index contributed by atoms with van der Waals surface area (Å²) in [5.74, 6) is 0.195. The first kappa shape index (κ1) is 15.7. The number of rotatable bonds is 6. The number of para-hydroxylation sites is 1. The average molecular weight is 383 g/mol. The minimum Gasteiger partial charge on any atom is -0.434 e. The third kappa shape index (κ3) is 4.41. The van der Waals surface area contributed by atoms with Crippen molar-refractivity contribution in [3.8, 4) is 5.75 Å². The van der Waals surface area contributed by atoms with Gasteiger partial charge in [0, 0.05) is 28.0 Å². The molecule has 1 aromatic heterocycles. The molecule has 0 aliphatic rings. The summed E-state index contributed by atoms with van der Waals surface area (Å²) >= 11 is 10.8. The predicted molar refractivity (Wildman–Crippen MR) is 80.6 cm³/mol. The van der Waals surface area contributed by atoms with Crippen LogP contribution in [0.3, 0.4) is 0 Å². The number of nitrogens with one attached hydrogen (secondary N) is 1. The third-order valence-electron chi connectivity index (χ3n) is 2.50. The van der Waals surface area contributed by atoms with Gasteiger partial charge in [-0.2, -0.15) is 8.78 Å². The number of benzene rings is 1. The summed E-state index contributed by atoms with van der Waals surface area (Å²) in [6.45, 7) is -1.77. The van der Waals surface area contributed by atoms with Gasteiger partial charge < -0.3 is 10.1 Å². The molecule has 2 aromatic rings. The molecule has 20 heavy (non-hydrogen) atoms. The molecule has 0 aliphatic heterocycles. The van der Waals surface area contributed by atoms with Crippen molar-refractivity contribution in [3.05, 3.63) is 49.6 Å². The van der Waals surface area contributed by atoms with Crippen molar-refractivity contribution in [2.75, 3.05) is 0 Å². The SMILES string of the molecule is FC(F)Oc1ccccc1CNCc1cc(Br)c(Cl)s1. The van der Waals surface area contributed by atoms with Crippen molar-refractivity contribution in [3.63, 3.8) is 0 Å². The van der Waals surface area contributed by atoms with Crippen LogP contribution < -0.4 is 10.1 Å². The molecule has 0 spiro atoms. The molecule has 1 heterocycles. The fourth-order valence-corrected chi connectivity index (χ4v) is 3.42. The molecule has 1 aromatic carbocycles. The second-order valence-electron chi connectivity index (χ2n) is 3.92. The van der Waals surface area contributed by atoms with E-state index in [1.54, 1.807) is 18.2 Å². The number of halogens is 4. The largest absolute Gasteiger partial charge is 0.434 e. The molecule has 0 amide bonds. The van der Waals surface area contributed by atoms with Crippen molar-refractivity contribution in [2.45, 2.75) is 19.7 Å². The predicted octanol–water partition coefficient (Wildman–Crippen LogP) is 5.06. The van der Waals surface area contributed by atoms with Crippen LogP contribution in [-0.2, 0) is 13.1 Å². The van der Waals surface area contributed by atoms with Crippen LogP contribution in [0.25, 0.3) is 0 Å². The number of alkyl halides is 2. The standard InChI is InChI=1S/C13H11BrClF2NOS/c14-10-5-9(20-12(10)15)7-18-6-8-3-1-2-4-11(8)19-13(16)17/h1-5,13,18H,6-7H2. The molecule has 0 aliphatic carbocycles. The average Bonchev–Trinajstić information content (AvgIpc) is 2.70. The number of ether oxygens (including phenoxy) is 1. The molecule has 2 nitrogen and oxygen atoms in total. The molecular formula is C13H11BrClF2NOS. The van der Waals surface area contributed by atoms with E-state index in [0.29, 0.717) is 23.0 Å². The molecule has 1 N–H and O–H groups in total. The number of hydrogen-bond acceptors (Lipinski definition) is 3. The van der Waals surface area contributed by atoms with E-state index in [2.05, 4.69) is 26.0 Å². The van der Waals surface area contributed by atoms with Gasteiger partial charge in [-0.15, -0.1) is 11.3 Å². The van der Waals surface area contributed by atoms with Crippen LogP contribution in [0.4, 0.5) is 8.78 Å². The molecule has 0 bridgehead atoms. The Labute approximate surface area is 132 Å². The number of thiophene rings is 1. The van der Waals surface area contributed by atoms with E-state index in [9.17, 15) is 8.78 Å². The van der Waals surface area contributed by atoms with E-state index < -0.39 is 6.61 Å². The van der Waals surface area contributed by atoms with E-state index in [-0.39, 0.29) is 5.75 Å². The van der Waals surface area contributed by atoms with Gasteiger partial charge >= 0.3 is 6.61 Å². The van der Waals surface area contributed by atoms with Gasteiger partial charge in [0.15, 0.2) is 0 Å². The minimum absolute atomic E-state index is 0.195. The first-order valence-electron chi connectivity index (χ1n) is 5.73. The highest BCUT2D eigenvalue weighted by Crippen LogP contribution is 2.31. The van der Waals surface area contributed by atoms with Crippen molar-refractivity contribution in [1.29, 1.82) is 0 Å². The summed E-state index contributed by atoms with van der Waals surface area (Å²) in [5.41, 5.74) is 0.689. The highest BCUT2D eigenvalue weighted by molar-refractivity contribution is 9.10. The molecule has 108 valence electrons. The summed E-state index contributed by atoms with van der Waals surface area (Å²) < 4.78 is 30.6. The monoisotopic (exact) mass is 381 g/mol. The fourth-order valence-electron chi connectivity index (χ4n) is 1.66. The zero-order chi connectivity index (χ0) is 14.5. The van der Waals surface area contributed by atoms with Gasteiger partial charge in [-0.25, -0.2) is 0 Å². The van der Waals surface area contributed by atoms with Crippen LogP contribution in [0.15, 0.2) is 34.8 Å². The first-order chi connectivity index (χ1) is 9.56. The van der Waals surface area contributed by atoms with Crippen LogP contribution in [-0.4, -0.2) is 6.61 Å². The second-order valence-corrected chi connectivity index (χ2v) is 6.52. The van der Waals surface area contributed by atoms with Gasteiger partial charge in [-0.1, -0.05) is 29.8 Å². The quantitative estimate of drug-likeness (QED) is 0.754. The topological polar surface area (TPSA) is 21.3 Å². The number of hydrogen-bond donors (Lipinski definition) is 1. The molecule has 0 fully saturated rings. The van der Waals surface area contributed by atoms with E-state index in [4.69, 9.17) is 11.6 Å². The highest BCUT2D eigenvalue weighted by atomic mass is 79.9. The summed E-state index contributed by atoms with van der Waals surface area (Å²) in [6, 6.07) is 8.66. The lowest BCUT2D eigenvalue weighted by Gasteiger charge is -2.10. The van der Waals surface area contributed by atoms with Gasteiger partial charge in [-0.3, -0.25) is 0 Å². The third-order valence-corrected chi connectivity index (χ3v) is 4.97. The van der Waals surface area contributed by atoms with Crippen molar-refractivity contribution in [2.24, 2.45) is 0 Å². The van der Waals surface area contributed by atoms with E-state index in [0.717, 1.165) is 9.35 Å². The van der Waals surface area contributed by atoms with Gasteiger partial charge in [0.1, 0.15) is 10.1 Å². The Kier molecular flexibility index (Phi) is 5.77. The first-order valence-corrected chi connectivity index (χ1v) is 7.72. The molecular weight excluding hydrogens is 372 g/mol. The van der Waals surface area contributed by atoms with Crippen molar-refractivity contribution < 1.29 is 13.5 Å². The minimum atomic E-state index is -2.82. The van der Waals surface area contributed by atoms with Crippen LogP contribution in [0.2, 0.25) is 4.34 Å². The summed E-state index contributed by atoms with van der Waals surface area (Å²) in [4.78, 5) is 1.06. The van der Waals surface area contributed by atoms with Gasteiger partial charge in [-0.05, 0) is 28.1 Å². The normalized spacial score (nSPS) is 11.1. The fraction of sp³-hybridized carbons (Fsp3) is 0.231. The Bertz CT molecular complexity index is 560. The maximum Gasteiger partial charge on any atom is 0.387 e. The summed E-state index contributed by atoms with van der Waals surface area (Å²) in [7, 11) is 0. The summed E-state index contributed by atoms with van der Waals surface area (Å²) in [6.07, 6.45) is 0. The zero-order valence-electron chi connectivity index (χ0n) is 10.2. The maximum absolute atomic E-state index is 12.3. The van der Waals surface area contributed by atoms with E-state index in [1.165, 1.54) is 17.4 Å². The lowest BCUT2D eigenvalue weighted by Crippen LogP contribution is -2.13. The van der Waals surface area contributed by atoms with Gasteiger partial charge in [0.25, 0.3) is 0 Å². The van der Waals surface area contributed by atoms with Gasteiger partial charge in [0.05, 0.1) is 0 Å². The summed E-state index contributed by atoms with van der Waals surface area (Å²) in [5, 5.41) is 3.18. The van der Waals surface area contributed by atoms with Crippen molar-refractivity contribution >= 4 is 38.9 Å². The Morgan fingerprint density at radius 3 is 2.70 bits per heavy atom. The molecule has 0 saturated heterocycles. The Balaban J connectivity index is 1.93. The van der Waals surface area contributed by atoms with Crippen molar-refractivity contribution in [1.82, 2.24) is 5.32 Å². The molecule has 0 saturated carbocycles. The van der Waals surface area contributed by atoms with Crippen LogP contribution in [0.5, 0.6) is 5.75 Å². The Morgan fingerprint density at radius 2 is 2.05 bits per heavy atom. The second kappa shape index (κ2) is 7.36. The Hall–Kier alpha value is -0.690. The molecule has 0 radical (unpaired) electrons. The molecule has 0 unspecified atom stereocenters. The van der Waals surface area contributed by atoms with Crippen LogP contribution >= 0.6 is 38.9 Å². The Morgan fingerprint density at radius 1 is 1.30 bits per heavy atom. The van der Waals surface area contributed by atoms with E-state index in [1.807, 2.05) is 6.07 Å². The molecule has 2 rings (SSSR count). The maximum atomic E-state index is 12.3. The van der Waals surface area contributed by atoms with Crippen LogP contribution in [0.1, 0.15) is 10.4 Å². The van der Waals surface area contributed by atoms with Crippen LogP contribution in [0, 0.1) is 0 Å². The highest BCUT2D eigenvalue weighted by Gasteiger charge is 2.09. The molecule has 0 atom stereocenters. The zero-order valence-corrected chi connectivity index (χ0v) is 13.4.